The third-order valence-corrected chi connectivity index (χ3v) is 4.66. The molecule has 7 nitrogen and oxygen atoms in total. The fourth-order valence-electron chi connectivity index (χ4n) is 2.47. The van der Waals surface area contributed by atoms with Crippen molar-refractivity contribution in [3.63, 3.8) is 0 Å². The highest BCUT2D eigenvalue weighted by atomic mass is 127. The normalized spacial score (nSPS) is 17.1. The van der Waals surface area contributed by atoms with E-state index >= 15 is 0 Å². The van der Waals surface area contributed by atoms with Gasteiger partial charge in [-0.1, -0.05) is 6.07 Å². The molecule has 3 heterocycles. The third-order valence-electron chi connectivity index (χ3n) is 3.80. The molecule has 2 N–H and O–H groups in total. The molecule has 9 heteroatoms. The minimum atomic E-state index is 0. The molecule has 1 aliphatic heterocycles. The molecule has 0 spiro atoms. The smallest absolute Gasteiger partial charge is 0.236 e. The monoisotopic (exact) mass is 492 g/mol. The van der Waals surface area contributed by atoms with E-state index in [1.807, 2.05) is 17.5 Å². The van der Waals surface area contributed by atoms with Gasteiger partial charge in [-0.25, -0.2) is 4.98 Å². The van der Waals surface area contributed by atoms with Crippen molar-refractivity contribution in [2.24, 2.45) is 4.99 Å². The Morgan fingerprint density at radius 1 is 1.46 bits per heavy atom. The minimum absolute atomic E-state index is 0. The SMILES string of the molecule is CN=C(NCCCOC1CCOC1)NCc1coc(-c2cccs2)n1.I. The first-order chi connectivity index (χ1) is 12.3. The van der Waals surface area contributed by atoms with Crippen LogP contribution >= 0.6 is 35.3 Å². The molecule has 0 amide bonds. The lowest BCUT2D eigenvalue weighted by atomic mass is 10.3. The van der Waals surface area contributed by atoms with Gasteiger partial charge in [0, 0.05) is 26.8 Å². The summed E-state index contributed by atoms with van der Waals surface area (Å²) in [6, 6.07) is 3.98. The fourth-order valence-corrected chi connectivity index (χ4v) is 3.13. The number of halogens is 1. The summed E-state index contributed by atoms with van der Waals surface area (Å²) in [6.45, 7) is 3.62. The van der Waals surface area contributed by atoms with E-state index in [2.05, 4.69) is 20.6 Å². The second-order valence-electron chi connectivity index (χ2n) is 5.68. The number of nitrogens with zero attached hydrogens (tertiary/aromatic N) is 2. The number of oxazole rings is 1. The van der Waals surface area contributed by atoms with Crippen molar-refractivity contribution in [1.82, 2.24) is 15.6 Å². The molecule has 1 saturated heterocycles. The van der Waals surface area contributed by atoms with E-state index in [1.165, 1.54) is 0 Å². The molecule has 0 aliphatic carbocycles. The zero-order valence-corrected chi connectivity index (χ0v) is 17.9. The van der Waals surface area contributed by atoms with Crippen LogP contribution < -0.4 is 10.6 Å². The number of guanidine groups is 1. The van der Waals surface area contributed by atoms with Crippen molar-refractivity contribution in [1.29, 1.82) is 0 Å². The molecule has 0 bridgehead atoms. The maximum atomic E-state index is 5.74. The highest BCUT2D eigenvalue weighted by Gasteiger charge is 2.15. The molecule has 0 aromatic carbocycles. The first kappa shape index (κ1) is 21.1. The molecule has 2 aromatic rings. The lowest BCUT2D eigenvalue weighted by molar-refractivity contribution is 0.0420. The number of thiophene rings is 1. The molecule has 0 saturated carbocycles. The predicted octanol–water partition coefficient (Wildman–Crippen LogP) is 2.88. The summed E-state index contributed by atoms with van der Waals surface area (Å²) in [6.07, 6.45) is 3.86. The lowest BCUT2D eigenvalue weighted by Gasteiger charge is -2.12. The van der Waals surface area contributed by atoms with Crippen LogP contribution in [0, 0.1) is 0 Å². The molecule has 2 aromatic heterocycles. The van der Waals surface area contributed by atoms with E-state index in [4.69, 9.17) is 13.9 Å². The molecular formula is C17H25IN4O3S. The van der Waals surface area contributed by atoms with E-state index in [9.17, 15) is 0 Å². The van der Waals surface area contributed by atoms with Gasteiger partial charge in [0.1, 0.15) is 6.26 Å². The van der Waals surface area contributed by atoms with Crippen LogP contribution in [0.25, 0.3) is 10.8 Å². The summed E-state index contributed by atoms with van der Waals surface area (Å²) in [5.74, 6) is 1.40. The van der Waals surface area contributed by atoms with Gasteiger partial charge in [0.25, 0.3) is 0 Å². The Hall–Kier alpha value is -1.17. The van der Waals surface area contributed by atoms with Gasteiger partial charge in [-0.3, -0.25) is 4.99 Å². The Labute approximate surface area is 174 Å². The summed E-state index contributed by atoms with van der Waals surface area (Å²) < 4.78 is 16.5. The summed E-state index contributed by atoms with van der Waals surface area (Å²) in [5, 5.41) is 8.51. The summed E-state index contributed by atoms with van der Waals surface area (Å²) in [7, 11) is 1.75. The molecule has 26 heavy (non-hydrogen) atoms. The largest absolute Gasteiger partial charge is 0.443 e. The second kappa shape index (κ2) is 11.5. The summed E-state index contributed by atoms with van der Waals surface area (Å²) in [4.78, 5) is 9.72. The predicted molar refractivity (Wildman–Crippen MR) is 113 cm³/mol. The molecular weight excluding hydrogens is 467 g/mol. The number of rotatable bonds is 8. The quantitative estimate of drug-likeness (QED) is 0.255. The molecule has 1 fully saturated rings. The van der Waals surface area contributed by atoms with E-state index < -0.39 is 0 Å². The second-order valence-corrected chi connectivity index (χ2v) is 6.63. The Morgan fingerprint density at radius 2 is 2.38 bits per heavy atom. The molecule has 1 unspecified atom stereocenters. The molecule has 1 atom stereocenters. The molecule has 0 radical (unpaired) electrons. The number of ether oxygens (including phenoxy) is 2. The summed E-state index contributed by atoms with van der Waals surface area (Å²) >= 11 is 1.61. The lowest BCUT2D eigenvalue weighted by Crippen LogP contribution is -2.37. The van der Waals surface area contributed by atoms with Gasteiger partial charge in [-0.05, 0) is 24.3 Å². The number of nitrogens with one attached hydrogen (secondary N) is 2. The Bertz CT molecular complexity index is 657. The van der Waals surface area contributed by atoms with Crippen molar-refractivity contribution >= 4 is 41.3 Å². The summed E-state index contributed by atoms with van der Waals surface area (Å²) in [5.41, 5.74) is 0.843. The average Bonchev–Trinajstić information content (AvgIpc) is 3.39. The number of aliphatic imine (C=N–C) groups is 1. The zero-order valence-electron chi connectivity index (χ0n) is 14.8. The standard InChI is InChI=1S/C17H24N4O3S.HI/c1-18-17(19-6-3-7-23-14-5-8-22-12-14)20-10-13-11-24-16(21-13)15-4-2-9-25-15;/h2,4,9,11,14H,3,5-8,10,12H2,1H3,(H2,18,19,20);1H. The Balaban J connectivity index is 0.00000243. The van der Waals surface area contributed by atoms with Crippen molar-refractivity contribution < 1.29 is 13.9 Å². The highest BCUT2D eigenvalue weighted by Crippen LogP contribution is 2.23. The van der Waals surface area contributed by atoms with E-state index in [-0.39, 0.29) is 30.1 Å². The van der Waals surface area contributed by atoms with Crippen LogP contribution in [0.3, 0.4) is 0 Å². The maximum Gasteiger partial charge on any atom is 0.236 e. The van der Waals surface area contributed by atoms with Crippen LogP contribution in [0.4, 0.5) is 0 Å². The van der Waals surface area contributed by atoms with Crippen molar-refractivity contribution in [2.75, 3.05) is 33.4 Å². The van der Waals surface area contributed by atoms with Gasteiger partial charge in [0.15, 0.2) is 5.96 Å². The van der Waals surface area contributed by atoms with Crippen LogP contribution in [0.2, 0.25) is 0 Å². The van der Waals surface area contributed by atoms with Gasteiger partial charge >= 0.3 is 0 Å². The number of aromatic nitrogens is 1. The molecule has 3 rings (SSSR count). The van der Waals surface area contributed by atoms with Crippen LogP contribution in [0.15, 0.2) is 33.2 Å². The zero-order chi connectivity index (χ0) is 17.3. The van der Waals surface area contributed by atoms with Crippen LogP contribution in [0.5, 0.6) is 0 Å². The van der Waals surface area contributed by atoms with Gasteiger partial charge in [-0.2, -0.15) is 0 Å². The van der Waals surface area contributed by atoms with Gasteiger partial charge in [0.05, 0.1) is 29.8 Å². The van der Waals surface area contributed by atoms with E-state index in [0.29, 0.717) is 12.4 Å². The number of hydrogen-bond donors (Lipinski definition) is 2. The highest BCUT2D eigenvalue weighted by molar-refractivity contribution is 14.0. The van der Waals surface area contributed by atoms with E-state index in [1.54, 1.807) is 24.6 Å². The van der Waals surface area contributed by atoms with Crippen LogP contribution in [0.1, 0.15) is 18.5 Å². The number of hydrogen-bond acceptors (Lipinski definition) is 6. The van der Waals surface area contributed by atoms with Crippen molar-refractivity contribution in [2.45, 2.75) is 25.5 Å². The van der Waals surface area contributed by atoms with Gasteiger partial charge < -0.3 is 24.5 Å². The maximum absolute atomic E-state index is 5.74. The fraction of sp³-hybridized carbons (Fsp3) is 0.529. The average molecular weight is 492 g/mol. The van der Waals surface area contributed by atoms with Crippen molar-refractivity contribution in [3.8, 4) is 10.8 Å². The first-order valence-corrected chi connectivity index (χ1v) is 9.35. The molecule has 144 valence electrons. The van der Waals surface area contributed by atoms with Gasteiger partial charge in [0.2, 0.25) is 5.89 Å². The Kier molecular flexibility index (Phi) is 9.37. The topological polar surface area (TPSA) is 80.9 Å². The van der Waals surface area contributed by atoms with Crippen LogP contribution in [-0.4, -0.2) is 50.5 Å². The molecule has 1 aliphatic rings. The third kappa shape index (κ3) is 6.53. The van der Waals surface area contributed by atoms with Gasteiger partial charge in [-0.15, -0.1) is 35.3 Å². The first-order valence-electron chi connectivity index (χ1n) is 8.47. The van der Waals surface area contributed by atoms with E-state index in [0.717, 1.165) is 55.7 Å². The van der Waals surface area contributed by atoms with Crippen molar-refractivity contribution in [3.05, 3.63) is 29.5 Å². The Morgan fingerprint density at radius 3 is 3.12 bits per heavy atom. The van der Waals surface area contributed by atoms with Crippen LogP contribution in [-0.2, 0) is 16.0 Å². The minimum Gasteiger partial charge on any atom is -0.443 e.